The summed E-state index contributed by atoms with van der Waals surface area (Å²) < 4.78 is 13.0. The molecule has 1 amide bonds. The van der Waals surface area contributed by atoms with Gasteiger partial charge in [0.05, 0.1) is 6.54 Å². The van der Waals surface area contributed by atoms with E-state index in [0.717, 1.165) is 12.0 Å². The number of benzene rings is 2. The topological polar surface area (TPSA) is 56.7 Å². The van der Waals surface area contributed by atoms with E-state index in [9.17, 15) is 9.18 Å². The van der Waals surface area contributed by atoms with Crippen LogP contribution in [-0.2, 0) is 17.8 Å². The molecule has 26 heavy (non-hydrogen) atoms. The number of guanidine groups is 1. The highest BCUT2D eigenvalue weighted by Crippen LogP contribution is 2.05. The van der Waals surface area contributed by atoms with Gasteiger partial charge in [-0.25, -0.2) is 4.39 Å². The molecule has 0 atom stereocenters. The van der Waals surface area contributed by atoms with Gasteiger partial charge in [0, 0.05) is 27.2 Å². The number of amides is 1. The van der Waals surface area contributed by atoms with Gasteiger partial charge in [-0.3, -0.25) is 9.79 Å². The molecule has 0 aromatic heterocycles. The van der Waals surface area contributed by atoms with Crippen molar-refractivity contribution in [3.05, 3.63) is 71.5 Å². The normalized spacial score (nSPS) is 11.1. The highest BCUT2D eigenvalue weighted by atomic mass is 19.1. The van der Waals surface area contributed by atoms with Gasteiger partial charge in [-0.15, -0.1) is 0 Å². The largest absolute Gasteiger partial charge is 0.354 e. The number of aliphatic imine (C=N–C) groups is 1. The minimum absolute atomic E-state index is 0.0859. The van der Waals surface area contributed by atoms with Crippen LogP contribution >= 0.6 is 0 Å². The fourth-order valence-corrected chi connectivity index (χ4v) is 2.54. The third kappa shape index (κ3) is 6.55. The predicted octanol–water partition coefficient (Wildman–Crippen LogP) is 2.19. The summed E-state index contributed by atoms with van der Waals surface area (Å²) in [6.07, 6.45) is 0.797. The van der Waals surface area contributed by atoms with Crippen LogP contribution in [0.15, 0.2) is 59.6 Å². The Morgan fingerprint density at radius 1 is 1.04 bits per heavy atom. The minimum Gasteiger partial charge on any atom is -0.354 e. The van der Waals surface area contributed by atoms with Crippen molar-refractivity contribution in [2.24, 2.45) is 4.99 Å². The molecule has 0 aliphatic heterocycles. The van der Waals surface area contributed by atoms with Gasteiger partial charge in [0.15, 0.2) is 5.96 Å². The second-order valence-corrected chi connectivity index (χ2v) is 5.97. The predicted molar refractivity (Wildman–Crippen MR) is 102 cm³/mol. The van der Waals surface area contributed by atoms with Crippen LogP contribution in [0.25, 0.3) is 0 Å². The van der Waals surface area contributed by atoms with Gasteiger partial charge in [-0.1, -0.05) is 42.5 Å². The zero-order valence-corrected chi connectivity index (χ0v) is 15.2. The first kappa shape index (κ1) is 19.4. The molecule has 2 aromatic rings. The van der Waals surface area contributed by atoms with E-state index < -0.39 is 0 Å². The molecule has 138 valence electrons. The lowest BCUT2D eigenvalue weighted by atomic mass is 10.1. The molecule has 0 saturated carbocycles. The number of nitrogens with zero attached hydrogens (tertiary/aromatic N) is 2. The molecule has 5 nitrogen and oxygen atoms in total. The van der Waals surface area contributed by atoms with E-state index in [0.29, 0.717) is 19.0 Å². The summed E-state index contributed by atoms with van der Waals surface area (Å²) in [6, 6.07) is 16.3. The van der Waals surface area contributed by atoms with Gasteiger partial charge in [0.1, 0.15) is 5.82 Å². The molecule has 0 unspecified atom stereocenters. The van der Waals surface area contributed by atoms with Crippen molar-refractivity contribution in [2.45, 2.75) is 13.0 Å². The van der Waals surface area contributed by atoms with Gasteiger partial charge in [-0.05, 0) is 29.7 Å². The molecule has 6 heteroatoms. The molecule has 0 saturated heterocycles. The Bertz CT molecular complexity index is 716. The van der Waals surface area contributed by atoms with Crippen molar-refractivity contribution in [3.63, 3.8) is 0 Å². The Labute approximate surface area is 153 Å². The Morgan fingerprint density at radius 2 is 1.73 bits per heavy atom. The van der Waals surface area contributed by atoms with Crippen molar-refractivity contribution in [3.8, 4) is 0 Å². The Kier molecular flexibility index (Phi) is 7.61. The molecular formula is C20H25FN4O. The summed E-state index contributed by atoms with van der Waals surface area (Å²) >= 11 is 0. The fraction of sp³-hybridized carbons (Fsp3) is 0.300. The van der Waals surface area contributed by atoms with Crippen LogP contribution < -0.4 is 10.6 Å². The number of halogens is 1. The number of hydrogen-bond acceptors (Lipinski definition) is 2. The van der Waals surface area contributed by atoms with E-state index in [1.165, 1.54) is 17.7 Å². The third-order valence-corrected chi connectivity index (χ3v) is 3.89. The molecule has 0 spiro atoms. The Balaban J connectivity index is 1.73. The van der Waals surface area contributed by atoms with Crippen molar-refractivity contribution in [1.82, 2.24) is 15.5 Å². The summed E-state index contributed by atoms with van der Waals surface area (Å²) in [5, 5.41) is 5.93. The molecule has 0 fully saturated rings. The van der Waals surface area contributed by atoms with Crippen LogP contribution in [0.5, 0.6) is 0 Å². The standard InChI is InChI=1S/C20H25FN4O/c1-22-20(25(2)15-17-8-10-18(21)11-9-17)24-14-19(26)23-13-12-16-6-4-3-5-7-16/h3-11H,12-15H2,1-2H3,(H,22,24)(H,23,26). The molecule has 0 aliphatic rings. The lowest BCUT2D eigenvalue weighted by molar-refractivity contribution is -0.120. The molecule has 0 aliphatic carbocycles. The van der Waals surface area contributed by atoms with Crippen LogP contribution in [0.3, 0.4) is 0 Å². The van der Waals surface area contributed by atoms with Crippen molar-refractivity contribution in [1.29, 1.82) is 0 Å². The van der Waals surface area contributed by atoms with E-state index in [2.05, 4.69) is 15.6 Å². The number of nitrogens with one attached hydrogen (secondary N) is 2. The molecule has 2 N–H and O–H groups in total. The summed E-state index contributed by atoms with van der Waals surface area (Å²) in [4.78, 5) is 18.0. The summed E-state index contributed by atoms with van der Waals surface area (Å²) in [5.74, 6) is 0.260. The lowest BCUT2D eigenvalue weighted by Crippen LogP contribution is -2.44. The van der Waals surface area contributed by atoms with E-state index in [1.54, 1.807) is 19.2 Å². The summed E-state index contributed by atoms with van der Waals surface area (Å²) in [7, 11) is 3.53. The molecule has 0 radical (unpaired) electrons. The Morgan fingerprint density at radius 3 is 2.38 bits per heavy atom. The quantitative estimate of drug-likeness (QED) is 0.591. The molecule has 0 heterocycles. The van der Waals surface area contributed by atoms with Crippen LogP contribution in [0.4, 0.5) is 4.39 Å². The average molecular weight is 356 g/mol. The highest BCUT2D eigenvalue weighted by Gasteiger charge is 2.09. The van der Waals surface area contributed by atoms with Crippen molar-refractivity contribution >= 4 is 11.9 Å². The number of carbonyl (C=O) groups excluding carboxylic acids is 1. The second kappa shape index (κ2) is 10.2. The third-order valence-electron chi connectivity index (χ3n) is 3.89. The van der Waals surface area contributed by atoms with Gasteiger partial charge < -0.3 is 15.5 Å². The fourth-order valence-electron chi connectivity index (χ4n) is 2.54. The monoisotopic (exact) mass is 356 g/mol. The first-order valence-corrected chi connectivity index (χ1v) is 8.55. The summed E-state index contributed by atoms with van der Waals surface area (Å²) in [6.45, 7) is 1.30. The van der Waals surface area contributed by atoms with Gasteiger partial charge in [0.2, 0.25) is 5.91 Å². The van der Waals surface area contributed by atoms with Gasteiger partial charge in [0.25, 0.3) is 0 Å². The first-order chi connectivity index (χ1) is 12.6. The first-order valence-electron chi connectivity index (χ1n) is 8.55. The van der Waals surface area contributed by atoms with Gasteiger partial charge >= 0.3 is 0 Å². The van der Waals surface area contributed by atoms with Gasteiger partial charge in [-0.2, -0.15) is 0 Å². The number of rotatable bonds is 7. The van der Waals surface area contributed by atoms with Crippen LogP contribution in [0.1, 0.15) is 11.1 Å². The Hall–Kier alpha value is -2.89. The van der Waals surface area contributed by atoms with Crippen LogP contribution in [-0.4, -0.2) is 44.0 Å². The average Bonchev–Trinajstić information content (AvgIpc) is 2.65. The molecule has 2 rings (SSSR count). The molecule has 0 bridgehead atoms. The molecule has 2 aromatic carbocycles. The second-order valence-electron chi connectivity index (χ2n) is 5.97. The zero-order chi connectivity index (χ0) is 18.8. The lowest BCUT2D eigenvalue weighted by Gasteiger charge is -2.22. The van der Waals surface area contributed by atoms with E-state index >= 15 is 0 Å². The smallest absolute Gasteiger partial charge is 0.239 e. The zero-order valence-electron chi connectivity index (χ0n) is 15.2. The number of hydrogen-bond donors (Lipinski definition) is 2. The highest BCUT2D eigenvalue weighted by molar-refractivity contribution is 5.86. The summed E-state index contributed by atoms with van der Waals surface area (Å²) in [5.41, 5.74) is 2.15. The number of carbonyl (C=O) groups is 1. The van der Waals surface area contributed by atoms with Crippen molar-refractivity contribution < 1.29 is 9.18 Å². The van der Waals surface area contributed by atoms with Crippen LogP contribution in [0.2, 0.25) is 0 Å². The van der Waals surface area contributed by atoms with E-state index in [-0.39, 0.29) is 18.3 Å². The van der Waals surface area contributed by atoms with Crippen molar-refractivity contribution in [2.75, 3.05) is 27.2 Å². The maximum absolute atomic E-state index is 13.0. The maximum Gasteiger partial charge on any atom is 0.239 e. The molecular weight excluding hydrogens is 331 g/mol. The van der Waals surface area contributed by atoms with E-state index in [1.807, 2.05) is 42.3 Å². The van der Waals surface area contributed by atoms with Crippen LogP contribution in [0, 0.1) is 5.82 Å². The minimum atomic E-state index is -0.258. The van der Waals surface area contributed by atoms with E-state index in [4.69, 9.17) is 0 Å². The maximum atomic E-state index is 13.0. The SMILES string of the molecule is CN=C(NCC(=O)NCCc1ccccc1)N(C)Cc1ccc(F)cc1.